The van der Waals surface area contributed by atoms with E-state index in [1.165, 1.54) is 0 Å². The molecule has 2 N–H and O–H groups in total. The van der Waals surface area contributed by atoms with Crippen molar-refractivity contribution in [3.63, 3.8) is 0 Å². The van der Waals surface area contributed by atoms with E-state index in [1.807, 2.05) is 13.8 Å². The second-order valence-electron chi connectivity index (χ2n) is 6.10. The van der Waals surface area contributed by atoms with Crippen molar-refractivity contribution in [2.45, 2.75) is 39.2 Å². The Labute approximate surface area is 112 Å². The third-order valence-corrected chi connectivity index (χ3v) is 4.85. The molecule has 4 unspecified atom stereocenters. The fourth-order valence-electron chi connectivity index (χ4n) is 3.61. The first kappa shape index (κ1) is 14.0. The lowest BCUT2D eigenvalue weighted by Crippen LogP contribution is -2.49. The minimum absolute atomic E-state index is 0.0470. The average molecular weight is 264 g/mol. The van der Waals surface area contributed by atoms with Gasteiger partial charge in [0.1, 0.15) is 0 Å². The van der Waals surface area contributed by atoms with Gasteiger partial charge < -0.3 is 10.2 Å². The van der Waals surface area contributed by atoms with Crippen molar-refractivity contribution >= 4 is 11.8 Å². The molecule has 0 heterocycles. The monoisotopic (exact) mass is 264 g/mol. The van der Waals surface area contributed by atoms with Gasteiger partial charge in [-0.3, -0.25) is 4.79 Å². The summed E-state index contributed by atoms with van der Waals surface area (Å²) in [6.07, 6.45) is 2.32. The van der Waals surface area contributed by atoms with Crippen molar-refractivity contribution in [1.29, 1.82) is 0 Å². The number of hydrogen-bond acceptors (Lipinski definition) is 3. The van der Waals surface area contributed by atoms with E-state index in [0.29, 0.717) is 19.3 Å². The van der Waals surface area contributed by atoms with Gasteiger partial charge in [0.2, 0.25) is 0 Å². The van der Waals surface area contributed by atoms with E-state index in [4.69, 9.17) is 5.11 Å². The first-order valence-corrected chi connectivity index (χ1v) is 6.57. The number of rotatable bonds is 2. The van der Waals surface area contributed by atoms with E-state index in [-0.39, 0.29) is 23.2 Å². The highest BCUT2D eigenvalue weighted by molar-refractivity contribution is 5.92. The Morgan fingerprint density at radius 2 is 2.11 bits per heavy atom. The fraction of sp³-hybridized carbons (Fsp3) is 0.600. The van der Waals surface area contributed by atoms with E-state index >= 15 is 0 Å². The summed E-state index contributed by atoms with van der Waals surface area (Å²) in [7, 11) is 0. The summed E-state index contributed by atoms with van der Waals surface area (Å²) in [5, 5.41) is 19.4. The van der Waals surface area contributed by atoms with Crippen LogP contribution in [0.5, 0.6) is 0 Å². The summed E-state index contributed by atoms with van der Waals surface area (Å²) in [5.41, 5.74) is 0.636. The van der Waals surface area contributed by atoms with E-state index in [9.17, 15) is 14.7 Å². The van der Waals surface area contributed by atoms with Crippen LogP contribution in [0.15, 0.2) is 23.8 Å². The Kier molecular flexibility index (Phi) is 3.39. The standard InChI is InChI=1S/C15H20O4/c1-8-4-11(16)7-15(3)12(8)5-10(6-13(15)17)9(2)14(18)19/h4,10,12-13,17H,2,5-7H2,1,3H3,(H,18,19). The second-order valence-corrected chi connectivity index (χ2v) is 6.10. The molecule has 0 amide bonds. The minimum atomic E-state index is -1.01. The summed E-state index contributed by atoms with van der Waals surface area (Å²) < 4.78 is 0. The minimum Gasteiger partial charge on any atom is -0.478 e. The number of aliphatic hydroxyl groups excluding tert-OH is 1. The lowest BCUT2D eigenvalue weighted by atomic mass is 9.56. The van der Waals surface area contributed by atoms with Gasteiger partial charge in [0.05, 0.1) is 6.10 Å². The van der Waals surface area contributed by atoms with Crippen LogP contribution in [-0.2, 0) is 9.59 Å². The molecule has 0 saturated heterocycles. The zero-order valence-corrected chi connectivity index (χ0v) is 11.3. The third kappa shape index (κ3) is 2.25. The highest BCUT2D eigenvalue weighted by Gasteiger charge is 2.50. The number of carboxylic acids is 1. The van der Waals surface area contributed by atoms with Gasteiger partial charge in [0.25, 0.3) is 0 Å². The number of carboxylic acid groups (broad SMARTS) is 1. The van der Waals surface area contributed by atoms with Crippen LogP contribution in [0, 0.1) is 17.3 Å². The molecule has 4 heteroatoms. The summed E-state index contributed by atoms with van der Waals surface area (Å²) in [4.78, 5) is 22.7. The Morgan fingerprint density at radius 1 is 1.47 bits per heavy atom. The predicted octanol–water partition coefficient (Wildman–Crippen LogP) is 1.94. The van der Waals surface area contributed by atoms with Crippen molar-refractivity contribution in [2.24, 2.45) is 17.3 Å². The normalized spacial score (nSPS) is 38.4. The SMILES string of the molecule is C=C(C(=O)O)C1CC(O)C2(C)CC(=O)C=C(C)C2C1. The molecule has 1 fully saturated rings. The quantitative estimate of drug-likeness (QED) is 0.747. The lowest BCUT2D eigenvalue weighted by Gasteiger charge is -2.50. The number of ketones is 1. The van der Waals surface area contributed by atoms with Crippen molar-refractivity contribution in [3.8, 4) is 0 Å². The van der Waals surface area contributed by atoms with Gasteiger partial charge in [0, 0.05) is 17.4 Å². The molecule has 0 spiro atoms. The largest absolute Gasteiger partial charge is 0.478 e. The molecule has 0 aliphatic heterocycles. The maximum absolute atomic E-state index is 11.7. The summed E-state index contributed by atoms with van der Waals surface area (Å²) in [5.74, 6) is -1.13. The van der Waals surface area contributed by atoms with Gasteiger partial charge in [-0.15, -0.1) is 0 Å². The van der Waals surface area contributed by atoms with E-state index in [1.54, 1.807) is 6.08 Å². The van der Waals surface area contributed by atoms with E-state index in [0.717, 1.165) is 5.57 Å². The van der Waals surface area contributed by atoms with Crippen LogP contribution < -0.4 is 0 Å². The Balaban J connectivity index is 2.32. The highest BCUT2D eigenvalue weighted by atomic mass is 16.4. The van der Waals surface area contributed by atoms with Crippen LogP contribution in [-0.4, -0.2) is 28.1 Å². The Hall–Kier alpha value is -1.42. The van der Waals surface area contributed by atoms with Crippen LogP contribution >= 0.6 is 0 Å². The van der Waals surface area contributed by atoms with E-state index < -0.39 is 17.5 Å². The number of hydrogen-bond donors (Lipinski definition) is 2. The average Bonchev–Trinajstić information content (AvgIpc) is 2.29. The molecule has 0 aromatic carbocycles. The molecule has 0 aromatic heterocycles. The van der Waals surface area contributed by atoms with Crippen LogP contribution in [0.3, 0.4) is 0 Å². The van der Waals surface area contributed by atoms with Gasteiger partial charge in [-0.25, -0.2) is 4.79 Å². The molecule has 0 aromatic rings. The van der Waals surface area contributed by atoms with Gasteiger partial charge in [-0.2, -0.15) is 0 Å². The first-order valence-electron chi connectivity index (χ1n) is 6.57. The molecule has 104 valence electrons. The highest BCUT2D eigenvalue weighted by Crippen LogP contribution is 2.52. The smallest absolute Gasteiger partial charge is 0.331 e. The third-order valence-electron chi connectivity index (χ3n) is 4.85. The number of carbonyl (C=O) groups excluding carboxylic acids is 1. The molecule has 4 atom stereocenters. The summed E-state index contributed by atoms with van der Waals surface area (Å²) in [6.45, 7) is 7.43. The lowest BCUT2D eigenvalue weighted by molar-refractivity contribution is -0.135. The van der Waals surface area contributed by atoms with Crippen LogP contribution in [0.2, 0.25) is 0 Å². The molecule has 0 bridgehead atoms. The molecule has 2 aliphatic carbocycles. The predicted molar refractivity (Wildman–Crippen MR) is 70.5 cm³/mol. The van der Waals surface area contributed by atoms with Crippen LogP contribution in [0.4, 0.5) is 0 Å². The molecular weight excluding hydrogens is 244 g/mol. The zero-order valence-electron chi connectivity index (χ0n) is 11.3. The summed E-state index contributed by atoms with van der Waals surface area (Å²) in [6, 6.07) is 0. The molecule has 4 nitrogen and oxygen atoms in total. The molecule has 2 rings (SSSR count). The van der Waals surface area contributed by atoms with Gasteiger partial charge >= 0.3 is 5.97 Å². The van der Waals surface area contributed by atoms with Gasteiger partial charge in [0.15, 0.2) is 5.78 Å². The maximum atomic E-state index is 11.7. The molecular formula is C15H20O4. The Morgan fingerprint density at radius 3 is 2.68 bits per heavy atom. The molecule has 2 aliphatic rings. The van der Waals surface area contributed by atoms with Crippen molar-refractivity contribution in [2.75, 3.05) is 0 Å². The fourth-order valence-corrected chi connectivity index (χ4v) is 3.61. The maximum Gasteiger partial charge on any atom is 0.331 e. The molecule has 1 saturated carbocycles. The van der Waals surface area contributed by atoms with Gasteiger partial charge in [-0.05, 0) is 37.7 Å². The molecule has 0 radical (unpaired) electrons. The Bertz CT molecular complexity index is 477. The van der Waals surface area contributed by atoms with Crippen molar-refractivity contribution in [3.05, 3.63) is 23.8 Å². The van der Waals surface area contributed by atoms with Crippen molar-refractivity contribution in [1.82, 2.24) is 0 Å². The van der Waals surface area contributed by atoms with Gasteiger partial charge in [-0.1, -0.05) is 19.1 Å². The second kappa shape index (κ2) is 4.60. The number of aliphatic carboxylic acids is 1. The number of carbonyl (C=O) groups is 2. The number of fused-ring (bicyclic) bond motifs is 1. The topological polar surface area (TPSA) is 74.6 Å². The van der Waals surface area contributed by atoms with E-state index in [2.05, 4.69) is 6.58 Å². The van der Waals surface area contributed by atoms with Crippen molar-refractivity contribution < 1.29 is 19.8 Å². The number of aliphatic hydroxyl groups is 1. The van der Waals surface area contributed by atoms with Crippen LogP contribution in [0.25, 0.3) is 0 Å². The zero-order chi connectivity index (χ0) is 14.4. The first-order chi connectivity index (χ1) is 8.75. The van der Waals surface area contributed by atoms with Crippen LogP contribution in [0.1, 0.15) is 33.1 Å². The number of allylic oxidation sites excluding steroid dienone is 2. The molecule has 19 heavy (non-hydrogen) atoms. The summed E-state index contributed by atoms with van der Waals surface area (Å²) >= 11 is 0.